The monoisotopic (exact) mass is 249 g/mol. The van der Waals surface area contributed by atoms with Gasteiger partial charge in [-0.15, -0.1) is 0 Å². The quantitative estimate of drug-likeness (QED) is 0.766. The molecule has 0 fully saturated rings. The molecule has 18 heavy (non-hydrogen) atoms. The van der Waals surface area contributed by atoms with E-state index in [1.54, 1.807) is 6.20 Å². The molecule has 4 heteroatoms. The first-order chi connectivity index (χ1) is 8.63. The molecular weight excluding hydrogens is 226 g/mol. The molecule has 0 aliphatic rings. The standard InChI is InChI=1S/C14H23N3O/c1-11(2)9-12(10-15)14(18)17-8-6-13-5-3-4-7-16-13/h3-5,7,11-12H,6,8-10,15H2,1-2H3,(H,17,18). The highest BCUT2D eigenvalue weighted by Gasteiger charge is 2.17. The Morgan fingerprint density at radius 1 is 1.44 bits per heavy atom. The summed E-state index contributed by atoms with van der Waals surface area (Å²) < 4.78 is 0. The van der Waals surface area contributed by atoms with E-state index in [1.165, 1.54) is 0 Å². The molecular formula is C14H23N3O. The van der Waals surface area contributed by atoms with Gasteiger partial charge in [0.15, 0.2) is 0 Å². The number of aromatic nitrogens is 1. The highest BCUT2D eigenvalue weighted by Crippen LogP contribution is 2.10. The zero-order valence-electron chi connectivity index (χ0n) is 11.2. The first kappa shape index (κ1) is 14.6. The first-order valence-corrected chi connectivity index (χ1v) is 6.51. The SMILES string of the molecule is CC(C)CC(CN)C(=O)NCCc1ccccn1. The number of hydrogen-bond donors (Lipinski definition) is 2. The lowest BCUT2D eigenvalue weighted by atomic mass is 9.96. The molecule has 1 aromatic heterocycles. The maximum atomic E-state index is 11.9. The van der Waals surface area contributed by atoms with Crippen molar-refractivity contribution in [3.8, 4) is 0 Å². The van der Waals surface area contributed by atoms with E-state index in [9.17, 15) is 4.79 Å². The molecule has 1 heterocycles. The number of rotatable bonds is 7. The van der Waals surface area contributed by atoms with Crippen molar-refractivity contribution in [2.24, 2.45) is 17.6 Å². The van der Waals surface area contributed by atoms with Crippen molar-refractivity contribution in [3.05, 3.63) is 30.1 Å². The van der Waals surface area contributed by atoms with Crippen LogP contribution in [0.3, 0.4) is 0 Å². The number of nitrogens with zero attached hydrogens (tertiary/aromatic N) is 1. The second kappa shape index (κ2) is 7.82. The van der Waals surface area contributed by atoms with Crippen LogP contribution in [-0.2, 0) is 11.2 Å². The van der Waals surface area contributed by atoms with Gasteiger partial charge in [0.1, 0.15) is 0 Å². The smallest absolute Gasteiger partial charge is 0.224 e. The Labute approximate surface area is 109 Å². The van der Waals surface area contributed by atoms with Crippen LogP contribution in [0.4, 0.5) is 0 Å². The van der Waals surface area contributed by atoms with E-state index in [4.69, 9.17) is 5.73 Å². The normalized spacial score (nSPS) is 12.4. The van der Waals surface area contributed by atoms with Crippen LogP contribution >= 0.6 is 0 Å². The molecule has 3 N–H and O–H groups in total. The Balaban J connectivity index is 2.31. The number of nitrogens with one attached hydrogen (secondary N) is 1. The summed E-state index contributed by atoms with van der Waals surface area (Å²) in [5.74, 6) is 0.468. The maximum absolute atomic E-state index is 11.9. The number of pyridine rings is 1. The average molecular weight is 249 g/mol. The molecule has 0 saturated heterocycles. The molecule has 0 radical (unpaired) electrons. The topological polar surface area (TPSA) is 68.0 Å². The van der Waals surface area contributed by atoms with Crippen molar-refractivity contribution < 1.29 is 4.79 Å². The van der Waals surface area contributed by atoms with E-state index in [1.807, 2.05) is 18.2 Å². The lowest BCUT2D eigenvalue weighted by Crippen LogP contribution is -2.36. The highest BCUT2D eigenvalue weighted by molar-refractivity contribution is 5.78. The Morgan fingerprint density at radius 3 is 2.78 bits per heavy atom. The summed E-state index contributed by atoms with van der Waals surface area (Å²) in [6, 6.07) is 5.79. The third kappa shape index (κ3) is 5.27. The van der Waals surface area contributed by atoms with Crippen molar-refractivity contribution in [3.63, 3.8) is 0 Å². The molecule has 0 aliphatic heterocycles. The molecule has 1 unspecified atom stereocenters. The van der Waals surface area contributed by atoms with E-state index >= 15 is 0 Å². The van der Waals surface area contributed by atoms with Gasteiger partial charge in [-0.2, -0.15) is 0 Å². The van der Waals surface area contributed by atoms with Crippen molar-refractivity contribution in [2.45, 2.75) is 26.7 Å². The van der Waals surface area contributed by atoms with Crippen molar-refractivity contribution in [2.75, 3.05) is 13.1 Å². The fraction of sp³-hybridized carbons (Fsp3) is 0.571. The summed E-state index contributed by atoms with van der Waals surface area (Å²) in [4.78, 5) is 16.1. The van der Waals surface area contributed by atoms with E-state index in [2.05, 4.69) is 24.1 Å². The Hall–Kier alpha value is -1.42. The first-order valence-electron chi connectivity index (χ1n) is 6.51. The molecule has 0 aliphatic carbocycles. The second-order valence-electron chi connectivity index (χ2n) is 4.92. The maximum Gasteiger partial charge on any atom is 0.224 e. The van der Waals surface area contributed by atoms with Crippen LogP contribution in [0.2, 0.25) is 0 Å². The van der Waals surface area contributed by atoms with Gasteiger partial charge in [-0.3, -0.25) is 9.78 Å². The molecule has 0 aromatic carbocycles. The lowest BCUT2D eigenvalue weighted by molar-refractivity contribution is -0.125. The van der Waals surface area contributed by atoms with Crippen LogP contribution in [0.1, 0.15) is 26.0 Å². The Morgan fingerprint density at radius 2 is 2.22 bits per heavy atom. The summed E-state index contributed by atoms with van der Waals surface area (Å²) in [5, 5.41) is 2.93. The molecule has 0 bridgehead atoms. The fourth-order valence-electron chi connectivity index (χ4n) is 1.88. The number of hydrogen-bond acceptors (Lipinski definition) is 3. The summed E-state index contributed by atoms with van der Waals surface area (Å²) >= 11 is 0. The van der Waals surface area contributed by atoms with E-state index in [-0.39, 0.29) is 11.8 Å². The van der Waals surface area contributed by atoms with Crippen molar-refractivity contribution in [1.29, 1.82) is 0 Å². The van der Waals surface area contributed by atoms with Crippen molar-refractivity contribution in [1.82, 2.24) is 10.3 Å². The van der Waals surface area contributed by atoms with E-state index in [0.717, 1.165) is 18.5 Å². The number of carbonyl (C=O) groups excluding carboxylic acids is 1. The van der Waals surface area contributed by atoms with Gasteiger partial charge >= 0.3 is 0 Å². The Bertz CT molecular complexity index is 351. The average Bonchev–Trinajstić information content (AvgIpc) is 2.36. The number of nitrogens with two attached hydrogens (primary N) is 1. The predicted molar refractivity (Wildman–Crippen MR) is 73.0 cm³/mol. The Kier molecular flexibility index (Phi) is 6.36. The summed E-state index contributed by atoms with van der Waals surface area (Å²) in [6.07, 6.45) is 3.36. The molecule has 0 saturated carbocycles. The van der Waals surface area contributed by atoms with Gasteiger partial charge in [-0.1, -0.05) is 19.9 Å². The molecule has 4 nitrogen and oxygen atoms in total. The van der Waals surface area contributed by atoms with Crippen LogP contribution in [-0.4, -0.2) is 24.0 Å². The van der Waals surface area contributed by atoms with Gasteiger partial charge in [-0.25, -0.2) is 0 Å². The minimum Gasteiger partial charge on any atom is -0.355 e. The minimum atomic E-state index is -0.0752. The molecule has 1 atom stereocenters. The van der Waals surface area contributed by atoms with Crippen LogP contribution in [0, 0.1) is 11.8 Å². The van der Waals surface area contributed by atoms with Crippen LogP contribution in [0.5, 0.6) is 0 Å². The number of amides is 1. The van der Waals surface area contributed by atoms with Gasteiger partial charge in [0, 0.05) is 31.4 Å². The number of carbonyl (C=O) groups is 1. The molecule has 1 aromatic rings. The van der Waals surface area contributed by atoms with Gasteiger partial charge in [0.25, 0.3) is 0 Å². The third-order valence-corrected chi connectivity index (χ3v) is 2.82. The second-order valence-corrected chi connectivity index (χ2v) is 4.92. The largest absolute Gasteiger partial charge is 0.355 e. The summed E-state index contributed by atoms with van der Waals surface area (Å²) in [6.45, 7) is 5.23. The molecule has 0 spiro atoms. The fourth-order valence-corrected chi connectivity index (χ4v) is 1.88. The van der Waals surface area contributed by atoms with Crippen LogP contribution in [0.15, 0.2) is 24.4 Å². The summed E-state index contributed by atoms with van der Waals surface area (Å²) in [7, 11) is 0. The molecule has 1 amide bonds. The zero-order chi connectivity index (χ0) is 13.4. The highest BCUT2D eigenvalue weighted by atomic mass is 16.1. The molecule has 100 valence electrons. The van der Waals surface area contributed by atoms with E-state index in [0.29, 0.717) is 19.0 Å². The van der Waals surface area contributed by atoms with Gasteiger partial charge in [-0.05, 0) is 24.5 Å². The van der Waals surface area contributed by atoms with Gasteiger partial charge < -0.3 is 11.1 Å². The van der Waals surface area contributed by atoms with E-state index < -0.39 is 0 Å². The summed E-state index contributed by atoms with van der Waals surface area (Å²) in [5.41, 5.74) is 6.62. The van der Waals surface area contributed by atoms with Gasteiger partial charge in [0.2, 0.25) is 5.91 Å². The van der Waals surface area contributed by atoms with Crippen molar-refractivity contribution >= 4 is 5.91 Å². The van der Waals surface area contributed by atoms with Gasteiger partial charge in [0.05, 0.1) is 5.92 Å². The minimum absolute atomic E-state index is 0.0575. The molecule has 1 rings (SSSR count). The zero-order valence-corrected chi connectivity index (χ0v) is 11.2. The lowest BCUT2D eigenvalue weighted by Gasteiger charge is -2.16. The van der Waals surface area contributed by atoms with Crippen LogP contribution < -0.4 is 11.1 Å². The van der Waals surface area contributed by atoms with Crippen LogP contribution in [0.25, 0.3) is 0 Å². The third-order valence-electron chi connectivity index (χ3n) is 2.82. The predicted octanol–water partition coefficient (Wildman–Crippen LogP) is 1.36.